The van der Waals surface area contributed by atoms with Gasteiger partial charge in [0.1, 0.15) is 11.5 Å². The van der Waals surface area contributed by atoms with Gasteiger partial charge < -0.3 is 24.3 Å². The lowest BCUT2D eigenvalue weighted by Gasteiger charge is -2.26. The Balaban J connectivity index is 1.58. The van der Waals surface area contributed by atoms with Crippen molar-refractivity contribution in [3.05, 3.63) is 72.3 Å². The van der Waals surface area contributed by atoms with Crippen LogP contribution >= 0.6 is 0 Å². The highest BCUT2D eigenvalue weighted by Crippen LogP contribution is 2.35. The van der Waals surface area contributed by atoms with E-state index in [1.807, 2.05) is 0 Å². The Bertz CT molecular complexity index is 1290. The summed E-state index contributed by atoms with van der Waals surface area (Å²) in [5.74, 6) is 1.53. The molecular weight excluding hydrogens is 472 g/mol. The minimum atomic E-state index is -3.86. The van der Waals surface area contributed by atoms with Gasteiger partial charge in [0.05, 0.1) is 37.9 Å². The van der Waals surface area contributed by atoms with E-state index in [0.717, 1.165) is 0 Å². The van der Waals surface area contributed by atoms with Crippen molar-refractivity contribution in [2.24, 2.45) is 0 Å². The Morgan fingerprint density at radius 3 is 2.26 bits per heavy atom. The SMILES string of the molecule is COc1ccc(Oc2cc(NC(=O)c3ccccc3S(=O)(=O)N3CCOCC3)ccc2OC)cc1. The molecule has 1 amide bonds. The Labute approximate surface area is 204 Å². The Morgan fingerprint density at radius 1 is 0.886 bits per heavy atom. The van der Waals surface area contributed by atoms with E-state index in [-0.39, 0.29) is 23.5 Å². The number of benzene rings is 3. The molecular formula is C25H26N2O7S. The summed E-state index contributed by atoms with van der Waals surface area (Å²) in [4.78, 5) is 13.1. The summed E-state index contributed by atoms with van der Waals surface area (Å²) in [6.45, 7) is 1.11. The average Bonchev–Trinajstić information content (AvgIpc) is 2.90. The number of sulfonamides is 1. The van der Waals surface area contributed by atoms with Crippen molar-refractivity contribution < 1.29 is 32.2 Å². The van der Waals surface area contributed by atoms with Crippen molar-refractivity contribution >= 4 is 21.6 Å². The van der Waals surface area contributed by atoms with Gasteiger partial charge in [-0.15, -0.1) is 0 Å². The van der Waals surface area contributed by atoms with Gasteiger partial charge in [0, 0.05) is 24.8 Å². The third-order valence-corrected chi connectivity index (χ3v) is 7.39. The number of morpholine rings is 1. The lowest BCUT2D eigenvalue weighted by molar-refractivity contribution is 0.0730. The van der Waals surface area contributed by atoms with Crippen LogP contribution in [0.5, 0.6) is 23.0 Å². The van der Waals surface area contributed by atoms with Gasteiger partial charge in [-0.05, 0) is 48.5 Å². The molecule has 0 aromatic heterocycles. The molecule has 9 nitrogen and oxygen atoms in total. The van der Waals surface area contributed by atoms with Crippen LogP contribution in [-0.2, 0) is 14.8 Å². The maximum Gasteiger partial charge on any atom is 0.257 e. The normalized spacial score (nSPS) is 14.2. The lowest BCUT2D eigenvalue weighted by atomic mass is 10.2. The van der Waals surface area contributed by atoms with E-state index < -0.39 is 15.9 Å². The number of methoxy groups -OCH3 is 2. The number of nitrogens with zero attached hydrogens (tertiary/aromatic N) is 1. The zero-order chi connectivity index (χ0) is 24.8. The second kappa shape index (κ2) is 10.8. The number of nitrogens with one attached hydrogen (secondary N) is 1. The summed E-state index contributed by atoms with van der Waals surface area (Å²) in [5, 5.41) is 2.77. The molecule has 1 fully saturated rings. The molecule has 35 heavy (non-hydrogen) atoms. The molecule has 0 spiro atoms. The minimum absolute atomic E-state index is 0.0485. The second-order valence-corrected chi connectivity index (χ2v) is 9.52. The molecule has 1 aliphatic rings. The average molecular weight is 499 g/mol. The first-order valence-electron chi connectivity index (χ1n) is 10.9. The van der Waals surface area contributed by atoms with Crippen LogP contribution < -0.4 is 19.5 Å². The van der Waals surface area contributed by atoms with Crippen LogP contribution in [0.4, 0.5) is 5.69 Å². The fourth-order valence-electron chi connectivity index (χ4n) is 3.61. The summed E-state index contributed by atoms with van der Waals surface area (Å²) in [6.07, 6.45) is 0. The van der Waals surface area contributed by atoms with E-state index in [2.05, 4.69) is 5.32 Å². The van der Waals surface area contributed by atoms with Crippen LogP contribution in [0.1, 0.15) is 10.4 Å². The van der Waals surface area contributed by atoms with Gasteiger partial charge in [-0.2, -0.15) is 4.31 Å². The van der Waals surface area contributed by atoms with Gasteiger partial charge in [0.25, 0.3) is 5.91 Å². The number of hydrogen-bond acceptors (Lipinski definition) is 7. The second-order valence-electron chi connectivity index (χ2n) is 7.61. The molecule has 0 bridgehead atoms. The van der Waals surface area contributed by atoms with Crippen LogP contribution in [-0.4, -0.2) is 59.2 Å². The van der Waals surface area contributed by atoms with Gasteiger partial charge in [-0.25, -0.2) is 8.42 Å². The lowest BCUT2D eigenvalue weighted by Crippen LogP contribution is -2.41. The summed E-state index contributed by atoms with van der Waals surface area (Å²) in [7, 11) is -0.764. The highest BCUT2D eigenvalue weighted by Gasteiger charge is 2.30. The summed E-state index contributed by atoms with van der Waals surface area (Å²) in [6, 6.07) is 18.1. The minimum Gasteiger partial charge on any atom is -0.497 e. The summed E-state index contributed by atoms with van der Waals surface area (Å²) >= 11 is 0. The highest BCUT2D eigenvalue weighted by molar-refractivity contribution is 7.89. The fourth-order valence-corrected chi connectivity index (χ4v) is 5.21. The molecule has 10 heteroatoms. The molecule has 0 saturated carbocycles. The Hall–Kier alpha value is -3.60. The smallest absolute Gasteiger partial charge is 0.257 e. The van der Waals surface area contributed by atoms with E-state index >= 15 is 0 Å². The molecule has 3 aromatic carbocycles. The molecule has 0 aliphatic carbocycles. The van der Waals surface area contributed by atoms with E-state index in [1.54, 1.807) is 61.7 Å². The third-order valence-electron chi connectivity index (χ3n) is 5.43. The predicted octanol–water partition coefficient (Wildman–Crippen LogP) is 3.77. The third kappa shape index (κ3) is 5.56. The number of anilines is 1. The van der Waals surface area contributed by atoms with E-state index in [1.165, 1.54) is 23.5 Å². The largest absolute Gasteiger partial charge is 0.497 e. The topological polar surface area (TPSA) is 103 Å². The first-order chi connectivity index (χ1) is 16.9. The van der Waals surface area contributed by atoms with Gasteiger partial charge in [-0.1, -0.05) is 12.1 Å². The van der Waals surface area contributed by atoms with Gasteiger partial charge in [0.2, 0.25) is 10.0 Å². The van der Waals surface area contributed by atoms with E-state index in [4.69, 9.17) is 18.9 Å². The highest BCUT2D eigenvalue weighted by atomic mass is 32.2. The van der Waals surface area contributed by atoms with Gasteiger partial charge >= 0.3 is 0 Å². The molecule has 1 heterocycles. The van der Waals surface area contributed by atoms with Crippen molar-refractivity contribution in [3.8, 4) is 23.0 Å². The van der Waals surface area contributed by atoms with Crippen molar-refractivity contribution in [1.82, 2.24) is 4.31 Å². The maximum absolute atomic E-state index is 13.2. The standard InChI is InChI=1S/C25H26N2O7S/c1-31-19-8-10-20(11-9-19)34-23-17-18(7-12-22(23)32-2)26-25(28)21-5-3-4-6-24(21)35(29,30)27-13-15-33-16-14-27/h3-12,17H,13-16H2,1-2H3,(H,26,28). The predicted molar refractivity (Wildman–Crippen MR) is 130 cm³/mol. The maximum atomic E-state index is 13.2. The number of hydrogen-bond donors (Lipinski definition) is 1. The summed E-state index contributed by atoms with van der Waals surface area (Å²) in [5.41, 5.74) is 0.463. The molecule has 0 radical (unpaired) electrons. The van der Waals surface area contributed by atoms with Crippen LogP contribution in [0.25, 0.3) is 0 Å². The van der Waals surface area contributed by atoms with Gasteiger partial charge in [-0.3, -0.25) is 4.79 Å². The monoisotopic (exact) mass is 498 g/mol. The molecule has 1 N–H and O–H groups in total. The van der Waals surface area contributed by atoms with Crippen LogP contribution in [0.2, 0.25) is 0 Å². The number of ether oxygens (including phenoxy) is 4. The van der Waals surface area contributed by atoms with Crippen molar-refractivity contribution in [2.45, 2.75) is 4.90 Å². The van der Waals surface area contributed by atoms with Gasteiger partial charge in [0.15, 0.2) is 11.5 Å². The van der Waals surface area contributed by atoms with Crippen molar-refractivity contribution in [1.29, 1.82) is 0 Å². The van der Waals surface area contributed by atoms with Crippen molar-refractivity contribution in [2.75, 3.05) is 45.8 Å². The molecule has 1 aliphatic heterocycles. The van der Waals surface area contributed by atoms with E-state index in [9.17, 15) is 13.2 Å². The molecule has 0 unspecified atom stereocenters. The number of amides is 1. The van der Waals surface area contributed by atoms with Crippen molar-refractivity contribution in [3.63, 3.8) is 0 Å². The quantitative estimate of drug-likeness (QED) is 0.504. The van der Waals surface area contributed by atoms with E-state index in [0.29, 0.717) is 41.9 Å². The zero-order valence-electron chi connectivity index (χ0n) is 19.4. The first-order valence-corrected chi connectivity index (χ1v) is 12.3. The Morgan fingerprint density at radius 2 is 1.57 bits per heavy atom. The zero-order valence-corrected chi connectivity index (χ0v) is 20.2. The van der Waals surface area contributed by atoms with Crippen LogP contribution in [0.3, 0.4) is 0 Å². The molecule has 3 aromatic rings. The Kier molecular flexibility index (Phi) is 7.54. The summed E-state index contributed by atoms with van der Waals surface area (Å²) < 4.78 is 49.5. The molecule has 184 valence electrons. The molecule has 1 saturated heterocycles. The van der Waals surface area contributed by atoms with Crippen LogP contribution in [0, 0.1) is 0 Å². The number of rotatable bonds is 8. The first kappa shape index (κ1) is 24.5. The molecule has 4 rings (SSSR count). The number of carbonyl (C=O) groups excluding carboxylic acids is 1. The molecule has 0 atom stereocenters. The number of carbonyl (C=O) groups is 1. The fraction of sp³-hybridized carbons (Fsp3) is 0.240. The van der Waals surface area contributed by atoms with Crippen LogP contribution in [0.15, 0.2) is 71.6 Å².